The molecule has 0 unspecified atom stereocenters. The number of rotatable bonds is 4. The van der Waals surface area contributed by atoms with Crippen molar-refractivity contribution in [3.05, 3.63) is 39.1 Å². The fourth-order valence-corrected chi connectivity index (χ4v) is 2.89. The summed E-state index contributed by atoms with van der Waals surface area (Å²) >= 11 is 13.3. The molecule has 1 heterocycles. The van der Waals surface area contributed by atoms with Crippen LogP contribution in [0.25, 0.3) is 5.69 Å². The molecule has 1 N–H and O–H groups in total. The molecule has 10 heteroatoms. The summed E-state index contributed by atoms with van der Waals surface area (Å²) in [5.41, 5.74) is -0.0769. The van der Waals surface area contributed by atoms with E-state index in [4.69, 9.17) is 23.2 Å². The Morgan fingerprint density at radius 3 is 2.18 bits per heavy atom. The molecule has 0 aliphatic heterocycles. The third-order valence-electron chi connectivity index (χ3n) is 2.74. The maximum atomic E-state index is 12.7. The summed E-state index contributed by atoms with van der Waals surface area (Å²) in [6.07, 6.45) is -2.71. The molecule has 0 amide bonds. The van der Waals surface area contributed by atoms with Crippen LogP contribution in [-0.2, 0) is 18.5 Å². The van der Waals surface area contributed by atoms with Crippen LogP contribution in [0.4, 0.5) is 13.2 Å². The van der Waals surface area contributed by atoms with Gasteiger partial charge in [-0.15, -0.1) is 4.80 Å². The maximum absolute atomic E-state index is 12.7. The molecule has 2 rings (SSSR count). The zero-order valence-corrected chi connectivity index (χ0v) is 13.5. The molecule has 0 saturated carbocycles. The Hall–Kier alpha value is -0.960. The number of benzene rings is 1. The zero-order valence-electron chi connectivity index (χ0n) is 11.2. The van der Waals surface area contributed by atoms with Gasteiger partial charge in [0.05, 0.1) is 27.9 Å². The summed E-state index contributed by atoms with van der Waals surface area (Å²) in [5.74, 6) is 0.492. The minimum absolute atomic E-state index is 0.0402. The average molecular weight is 372 g/mol. The molecular weight excluding hydrogens is 362 g/mol. The van der Waals surface area contributed by atoms with Crippen molar-refractivity contribution in [3.8, 4) is 5.69 Å². The predicted octanol–water partition coefficient (Wildman–Crippen LogP) is 3.95. The van der Waals surface area contributed by atoms with E-state index in [0.29, 0.717) is 17.1 Å². The van der Waals surface area contributed by atoms with Crippen LogP contribution in [0.15, 0.2) is 12.1 Å². The zero-order chi connectivity index (χ0) is 16.5. The smallest absolute Gasteiger partial charge is 0.390 e. The first-order chi connectivity index (χ1) is 10.3. The predicted molar refractivity (Wildman–Crippen MR) is 79.5 cm³/mol. The highest BCUT2D eigenvalue weighted by Gasteiger charge is 2.32. The number of alkyl halides is 3. The first-order valence-corrected chi connectivity index (χ1v) is 8.04. The first-order valence-electron chi connectivity index (χ1n) is 5.89. The van der Waals surface area contributed by atoms with Gasteiger partial charge in [-0.3, -0.25) is 0 Å². The quantitative estimate of drug-likeness (QED) is 0.883. The number of nitrogens with zero attached hydrogens (tertiary/aromatic N) is 3. The normalized spacial score (nSPS) is 12.0. The molecule has 1 aromatic carbocycles. The van der Waals surface area contributed by atoms with Gasteiger partial charge in [0.2, 0.25) is 0 Å². The molecule has 4 nitrogen and oxygen atoms in total. The van der Waals surface area contributed by atoms with Crippen molar-refractivity contribution in [1.29, 1.82) is 0 Å². The first kappa shape index (κ1) is 17.4. The highest BCUT2D eigenvalue weighted by atomic mass is 35.5. The summed E-state index contributed by atoms with van der Waals surface area (Å²) in [6.45, 7) is -0.342. The van der Waals surface area contributed by atoms with E-state index >= 15 is 0 Å². The Morgan fingerprint density at radius 1 is 1.18 bits per heavy atom. The Bertz CT molecular complexity index is 668. The molecule has 0 saturated heterocycles. The van der Waals surface area contributed by atoms with Crippen molar-refractivity contribution in [2.45, 2.75) is 18.5 Å². The van der Waals surface area contributed by atoms with E-state index in [1.54, 1.807) is 0 Å². The van der Waals surface area contributed by atoms with Gasteiger partial charge < -0.3 is 5.11 Å². The molecule has 1 aromatic heterocycles. The average Bonchev–Trinajstić information content (AvgIpc) is 2.80. The Balaban J connectivity index is 2.54. The van der Waals surface area contributed by atoms with Crippen LogP contribution in [0.3, 0.4) is 0 Å². The van der Waals surface area contributed by atoms with Crippen LogP contribution < -0.4 is 0 Å². The lowest BCUT2D eigenvalue weighted by Gasteiger charge is -2.11. The van der Waals surface area contributed by atoms with Crippen molar-refractivity contribution in [2.75, 3.05) is 6.26 Å². The fourth-order valence-electron chi connectivity index (χ4n) is 1.76. The van der Waals surface area contributed by atoms with E-state index in [1.165, 1.54) is 11.8 Å². The second-order valence-electron chi connectivity index (χ2n) is 4.26. The van der Waals surface area contributed by atoms with Gasteiger partial charge in [-0.05, 0) is 18.4 Å². The van der Waals surface area contributed by atoms with Crippen LogP contribution in [-0.4, -0.2) is 26.4 Å². The van der Waals surface area contributed by atoms with Crippen molar-refractivity contribution < 1.29 is 18.3 Å². The topological polar surface area (TPSA) is 50.9 Å². The third kappa shape index (κ3) is 3.51. The standard InChI is InChI=1S/C12H10Cl2F3N3OS/c1-22-5-10-9(4-21)18-20(19-10)11-7(13)2-6(3-8(11)14)12(15,16)17/h2-3,21H,4-5H2,1H3. The van der Waals surface area contributed by atoms with Crippen LogP contribution in [0.2, 0.25) is 10.0 Å². The molecule has 0 aliphatic rings. The lowest BCUT2D eigenvalue weighted by molar-refractivity contribution is -0.137. The number of aliphatic hydroxyl groups is 1. The van der Waals surface area contributed by atoms with Gasteiger partial charge in [-0.1, -0.05) is 23.2 Å². The van der Waals surface area contributed by atoms with Gasteiger partial charge in [0.1, 0.15) is 11.4 Å². The van der Waals surface area contributed by atoms with Gasteiger partial charge in [0, 0.05) is 5.75 Å². The maximum Gasteiger partial charge on any atom is 0.416 e. The lowest BCUT2D eigenvalue weighted by atomic mass is 10.2. The van der Waals surface area contributed by atoms with Gasteiger partial charge in [-0.25, -0.2) is 0 Å². The molecule has 0 bridgehead atoms. The molecule has 0 radical (unpaired) electrons. The van der Waals surface area contributed by atoms with E-state index in [-0.39, 0.29) is 22.3 Å². The SMILES string of the molecule is CSCc1nn(-c2c(Cl)cc(C(F)(F)F)cc2Cl)nc1CO. The molecule has 0 atom stereocenters. The Morgan fingerprint density at radius 2 is 1.73 bits per heavy atom. The summed E-state index contributed by atoms with van der Waals surface area (Å²) in [4.78, 5) is 1.04. The minimum Gasteiger partial charge on any atom is -0.390 e. The minimum atomic E-state index is -4.55. The van der Waals surface area contributed by atoms with Crippen molar-refractivity contribution >= 4 is 35.0 Å². The summed E-state index contributed by atoms with van der Waals surface area (Å²) in [7, 11) is 0. The van der Waals surface area contributed by atoms with Crippen LogP contribution in [0.1, 0.15) is 17.0 Å². The van der Waals surface area contributed by atoms with Crippen molar-refractivity contribution in [3.63, 3.8) is 0 Å². The Kier molecular flexibility index (Phi) is 5.26. The van der Waals surface area contributed by atoms with Crippen LogP contribution in [0, 0.1) is 0 Å². The number of thioether (sulfide) groups is 1. The van der Waals surface area contributed by atoms with E-state index in [9.17, 15) is 18.3 Å². The molecule has 0 spiro atoms. The van der Waals surface area contributed by atoms with Crippen LogP contribution in [0.5, 0.6) is 0 Å². The summed E-state index contributed by atoms with van der Waals surface area (Å²) < 4.78 is 38.1. The molecule has 22 heavy (non-hydrogen) atoms. The van der Waals surface area contributed by atoms with Crippen molar-refractivity contribution in [2.24, 2.45) is 0 Å². The molecule has 120 valence electrons. The second-order valence-corrected chi connectivity index (χ2v) is 5.94. The third-order valence-corrected chi connectivity index (χ3v) is 3.88. The fraction of sp³-hybridized carbons (Fsp3) is 0.333. The highest BCUT2D eigenvalue weighted by molar-refractivity contribution is 7.97. The molecule has 0 fully saturated rings. The monoisotopic (exact) mass is 371 g/mol. The van der Waals surface area contributed by atoms with E-state index in [0.717, 1.165) is 16.9 Å². The molecule has 0 aliphatic carbocycles. The van der Waals surface area contributed by atoms with Crippen LogP contribution >= 0.6 is 35.0 Å². The van der Waals surface area contributed by atoms with Gasteiger partial charge in [-0.2, -0.15) is 35.1 Å². The van der Waals surface area contributed by atoms with Crippen molar-refractivity contribution in [1.82, 2.24) is 15.0 Å². The van der Waals surface area contributed by atoms with E-state index < -0.39 is 11.7 Å². The number of hydrogen-bond acceptors (Lipinski definition) is 4. The summed E-state index contributed by atoms with van der Waals surface area (Å²) in [6, 6.07) is 1.53. The molecule has 2 aromatic rings. The van der Waals surface area contributed by atoms with Gasteiger partial charge in [0.25, 0.3) is 0 Å². The summed E-state index contributed by atoms with van der Waals surface area (Å²) in [5, 5.41) is 17.0. The highest BCUT2D eigenvalue weighted by Crippen LogP contribution is 2.37. The van der Waals surface area contributed by atoms with E-state index in [1.807, 2.05) is 6.26 Å². The van der Waals surface area contributed by atoms with E-state index in [2.05, 4.69) is 10.2 Å². The second kappa shape index (κ2) is 6.66. The molecular formula is C12H10Cl2F3N3OS. The van der Waals surface area contributed by atoms with Gasteiger partial charge in [0.15, 0.2) is 0 Å². The number of aliphatic hydroxyl groups excluding tert-OH is 1. The number of halogens is 5. The largest absolute Gasteiger partial charge is 0.416 e. The number of aromatic nitrogens is 3. The number of hydrogen-bond donors (Lipinski definition) is 1. The van der Waals surface area contributed by atoms with Gasteiger partial charge >= 0.3 is 6.18 Å². The lowest BCUT2D eigenvalue weighted by Crippen LogP contribution is -2.08. The Labute approximate surface area is 138 Å².